The van der Waals surface area contributed by atoms with Crippen molar-refractivity contribution in [2.45, 2.75) is 19.8 Å². The van der Waals surface area contributed by atoms with Crippen LogP contribution in [0.3, 0.4) is 0 Å². The molecule has 4 amide bonds. The maximum Gasteiger partial charge on any atom is 0.414 e. The van der Waals surface area contributed by atoms with E-state index in [1.807, 2.05) is 43.3 Å². The lowest BCUT2D eigenvalue weighted by Crippen LogP contribution is -2.45. The zero-order chi connectivity index (χ0) is 21.8. The van der Waals surface area contributed by atoms with E-state index >= 15 is 0 Å². The van der Waals surface area contributed by atoms with Gasteiger partial charge in [-0.2, -0.15) is 0 Å². The second-order valence-electron chi connectivity index (χ2n) is 7.86. The number of carbonyl (C=O) groups excluding carboxylic acids is 3. The van der Waals surface area contributed by atoms with Crippen LogP contribution >= 0.6 is 0 Å². The molecule has 1 atom stereocenters. The lowest BCUT2D eigenvalue weighted by atomic mass is 9.97. The fraction of sp³-hybridized carbons (Fsp3) is 0.348. The summed E-state index contributed by atoms with van der Waals surface area (Å²) in [6.07, 6.45) is 1.03. The van der Waals surface area contributed by atoms with Gasteiger partial charge in [-0.15, -0.1) is 0 Å². The molecule has 2 aromatic rings. The molecule has 31 heavy (non-hydrogen) atoms. The summed E-state index contributed by atoms with van der Waals surface area (Å²) < 4.78 is 5.02. The number of benzene rings is 2. The van der Waals surface area contributed by atoms with Crippen LogP contribution in [-0.2, 0) is 9.53 Å². The van der Waals surface area contributed by atoms with Crippen LogP contribution in [0.1, 0.15) is 18.4 Å². The van der Waals surface area contributed by atoms with Crippen molar-refractivity contribution >= 4 is 35.1 Å². The van der Waals surface area contributed by atoms with Gasteiger partial charge in [-0.1, -0.05) is 24.3 Å². The number of rotatable bonds is 4. The molecule has 0 bridgehead atoms. The number of hydrogen-bond acceptors (Lipinski definition) is 4. The fourth-order valence-corrected chi connectivity index (χ4v) is 3.96. The van der Waals surface area contributed by atoms with Gasteiger partial charge in [0.05, 0.1) is 23.8 Å². The van der Waals surface area contributed by atoms with Crippen LogP contribution < -0.4 is 15.5 Å². The van der Waals surface area contributed by atoms with Crippen LogP contribution in [0.2, 0.25) is 0 Å². The summed E-state index contributed by atoms with van der Waals surface area (Å²) in [4.78, 5) is 40.8. The first-order valence-electron chi connectivity index (χ1n) is 10.5. The normalized spacial score (nSPS) is 18.5. The lowest BCUT2D eigenvalue weighted by molar-refractivity contribution is -0.121. The topological polar surface area (TPSA) is 91.0 Å². The number of urea groups is 1. The number of aryl methyl sites for hydroxylation is 1. The van der Waals surface area contributed by atoms with Crippen LogP contribution in [0.5, 0.6) is 0 Å². The standard InChI is InChI=1S/C23H26N4O4/c1-16-6-4-8-18(14-16)24-22(29)26-11-5-7-17(15-26)21(28)25-19-9-2-3-10-20(19)27-12-13-31-23(27)30/h2-4,6,8-10,14,17H,5,7,11-13,15H2,1H3,(H,24,29)(H,25,28). The van der Waals surface area contributed by atoms with E-state index in [1.165, 1.54) is 4.90 Å². The molecule has 1 unspecified atom stereocenters. The first kappa shape index (κ1) is 20.7. The molecule has 2 aliphatic heterocycles. The van der Waals surface area contributed by atoms with Crippen LogP contribution in [0.4, 0.5) is 26.7 Å². The highest BCUT2D eigenvalue weighted by atomic mass is 16.6. The Balaban J connectivity index is 1.40. The van der Waals surface area contributed by atoms with Crippen LogP contribution in [-0.4, -0.2) is 49.2 Å². The Labute approximate surface area is 181 Å². The van der Waals surface area contributed by atoms with Crippen molar-refractivity contribution in [3.63, 3.8) is 0 Å². The van der Waals surface area contributed by atoms with Crippen molar-refractivity contribution in [2.75, 3.05) is 41.8 Å². The number of amides is 4. The number of hydrogen-bond donors (Lipinski definition) is 2. The van der Waals surface area contributed by atoms with E-state index in [9.17, 15) is 14.4 Å². The van der Waals surface area contributed by atoms with Gasteiger partial charge in [-0.05, 0) is 49.6 Å². The molecule has 2 saturated heterocycles. The third-order valence-electron chi connectivity index (χ3n) is 5.56. The number of carbonyl (C=O) groups is 3. The summed E-state index contributed by atoms with van der Waals surface area (Å²) in [6.45, 7) is 3.70. The molecule has 8 heteroatoms. The molecule has 0 aromatic heterocycles. The summed E-state index contributed by atoms with van der Waals surface area (Å²) in [5.74, 6) is -0.483. The molecule has 0 spiro atoms. The number of cyclic esters (lactones) is 1. The van der Waals surface area contributed by atoms with Crippen molar-refractivity contribution in [1.29, 1.82) is 0 Å². The maximum absolute atomic E-state index is 13.0. The number of ether oxygens (including phenoxy) is 1. The van der Waals surface area contributed by atoms with E-state index in [0.717, 1.165) is 17.7 Å². The number of anilines is 3. The zero-order valence-corrected chi connectivity index (χ0v) is 17.5. The first-order valence-corrected chi connectivity index (χ1v) is 10.5. The molecule has 162 valence electrons. The fourth-order valence-electron chi connectivity index (χ4n) is 3.96. The average molecular weight is 422 g/mol. The molecule has 0 radical (unpaired) electrons. The van der Waals surface area contributed by atoms with Crippen LogP contribution in [0.15, 0.2) is 48.5 Å². The van der Waals surface area contributed by atoms with E-state index in [0.29, 0.717) is 44.0 Å². The second kappa shape index (κ2) is 9.07. The van der Waals surface area contributed by atoms with Gasteiger partial charge < -0.3 is 20.3 Å². The summed E-state index contributed by atoms with van der Waals surface area (Å²) in [6, 6.07) is 14.6. The van der Waals surface area contributed by atoms with Gasteiger partial charge >= 0.3 is 12.1 Å². The van der Waals surface area contributed by atoms with Crippen LogP contribution in [0.25, 0.3) is 0 Å². The molecular formula is C23H26N4O4. The third kappa shape index (κ3) is 4.79. The minimum Gasteiger partial charge on any atom is -0.447 e. The van der Waals surface area contributed by atoms with Gasteiger partial charge in [-0.25, -0.2) is 9.59 Å². The maximum atomic E-state index is 13.0. The van der Waals surface area contributed by atoms with E-state index in [1.54, 1.807) is 17.0 Å². The molecule has 4 rings (SSSR count). The van der Waals surface area contributed by atoms with Crippen molar-refractivity contribution in [2.24, 2.45) is 5.92 Å². The molecule has 2 fully saturated rings. The Morgan fingerprint density at radius 3 is 2.68 bits per heavy atom. The summed E-state index contributed by atoms with van der Waals surface area (Å²) >= 11 is 0. The highest BCUT2D eigenvalue weighted by molar-refractivity contribution is 6.00. The Morgan fingerprint density at radius 2 is 1.90 bits per heavy atom. The Hall–Kier alpha value is -3.55. The molecule has 2 heterocycles. The van der Waals surface area contributed by atoms with Crippen molar-refractivity contribution in [3.05, 3.63) is 54.1 Å². The number of piperidine rings is 1. The first-order chi connectivity index (χ1) is 15.0. The van der Waals surface area contributed by atoms with Crippen LogP contribution in [0, 0.1) is 12.8 Å². The number of likely N-dealkylation sites (tertiary alicyclic amines) is 1. The molecule has 0 saturated carbocycles. The molecular weight excluding hydrogens is 396 g/mol. The van der Waals surface area contributed by atoms with Gasteiger partial charge in [-0.3, -0.25) is 9.69 Å². The summed E-state index contributed by atoms with van der Waals surface area (Å²) in [7, 11) is 0. The number of para-hydroxylation sites is 2. The van der Waals surface area contributed by atoms with Gasteiger partial charge in [0, 0.05) is 18.8 Å². The predicted molar refractivity (Wildman–Crippen MR) is 118 cm³/mol. The Morgan fingerprint density at radius 1 is 1.06 bits per heavy atom. The molecule has 2 aromatic carbocycles. The molecule has 8 nitrogen and oxygen atoms in total. The summed E-state index contributed by atoms with van der Waals surface area (Å²) in [5.41, 5.74) is 2.98. The van der Waals surface area contributed by atoms with E-state index in [2.05, 4.69) is 10.6 Å². The highest BCUT2D eigenvalue weighted by Gasteiger charge is 2.30. The monoisotopic (exact) mass is 422 g/mol. The minimum atomic E-state index is -0.418. The van der Waals surface area contributed by atoms with E-state index < -0.39 is 6.09 Å². The van der Waals surface area contributed by atoms with E-state index in [4.69, 9.17) is 4.74 Å². The van der Waals surface area contributed by atoms with Crippen molar-refractivity contribution < 1.29 is 19.1 Å². The SMILES string of the molecule is Cc1cccc(NC(=O)N2CCCC(C(=O)Nc3ccccc3N3CCOC3=O)C2)c1. The number of nitrogens with zero attached hydrogens (tertiary/aromatic N) is 2. The highest BCUT2D eigenvalue weighted by Crippen LogP contribution is 2.29. The molecule has 2 N–H and O–H groups in total. The lowest BCUT2D eigenvalue weighted by Gasteiger charge is -2.32. The second-order valence-corrected chi connectivity index (χ2v) is 7.86. The smallest absolute Gasteiger partial charge is 0.414 e. The van der Waals surface area contributed by atoms with Crippen molar-refractivity contribution in [1.82, 2.24) is 4.90 Å². The minimum absolute atomic E-state index is 0.159. The molecule has 2 aliphatic rings. The average Bonchev–Trinajstić information content (AvgIpc) is 3.20. The number of nitrogens with one attached hydrogen (secondary N) is 2. The van der Waals surface area contributed by atoms with E-state index in [-0.39, 0.29) is 17.9 Å². The quantitative estimate of drug-likeness (QED) is 0.783. The van der Waals surface area contributed by atoms with Gasteiger partial charge in [0.25, 0.3) is 0 Å². The van der Waals surface area contributed by atoms with Gasteiger partial charge in [0.15, 0.2) is 0 Å². The Kier molecular flexibility index (Phi) is 6.06. The molecule has 0 aliphatic carbocycles. The summed E-state index contributed by atoms with van der Waals surface area (Å²) in [5, 5.41) is 5.86. The largest absolute Gasteiger partial charge is 0.447 e. The zero-order valence-electron chi connectivity index (χ0n) is 17.5. The van der Waals surface area contributed by atoms with Gasteiger partial charge in [0.1, 0.15) is 6.61 Å². The Bertz CT molecular complexity index is 993. The van der Waals surface area contributed by atoms with Gasteiger partial charge in [0.2, 0.25) is 5.91 Å². The predicted octanol–water partition coefficient (Wildman–Crippen LogP) is 3.83. The third-order valence-corrected chi connectivity index (χ3v) is 5.56. The van der Waals surface area contributed by atoms with Crippen molar-refractivity contribution in [3.8, 4) is 0 Å².